The maximum Gasteiger partial charge on any atom is 0.272 e. The third kappa shape index (κ3) is 3.82. The first-order valence-corrected chi connectivity index (χ1v) is 10.6. The molecule has 0 atom stereocenters. The van der Waals surface area contributed by atoms with E-state index in [1.807, 2.05) is 23.1 Å². The number of amides is 1. The van der Waals surface area contributed by atoms with Gasteiger partial charge in [0.05, 0.1) is 12.6 Å². The summed E-state index contributed by atoms with van der Waals surface area (Å²) in [6, 6.07) is 10.4. The minimum absolute atomic E-state index is 0.142. The van der Waals surface area contributed by atoms with Crippen LogP contribution in [0.15, 0.2) is 36.4 Å². The molecule has 1 saturated heterocycles. The fraction of sp³-hybridized carbons (Fsp3) is 0.333. The fourth-order valence-corrected chi connectivity index (χ4v) is 4.27. The van der Waals surface area contributed by atoms with Crippen LogP contribution in [0.4, 0.5) is 4.39 Å². The second-order valence-corrected chi connectivity index (χ2v) is 8.08. The highest BCUT2D eigenvalue weighted by Crippen LogP contribution is 2.33. The highest BCUT2D eigenvalue weighted by atomic mass is 19.1. The lowest BCUT2D eigenvalue weighted by molar-refractivity contribution is 0.0623. The maximum absolute atomic E-state index is 13.8. The number of pyridine rings is 1. The first-order valence-electron chi connectivity index (χ1n) is 10.6. The van der Waals surface area contributed by atoms with E-state index in [0.717, 1.165) is 36.7 Å². The van der Waals surface area contributed by atoms with Crippen molar-refractivity contribution in [3.05, 3.63) is 59.0 Å². The Morgan fingerprint density at radius 2 is 1.88 bits per heavy atom. The Balaban J connectivity index is 1.28. The van der Waals surface area contributed by atoms with Crippen LogP contribution in [0.5, 0.6) is 17.2 Å². The van der Waals surface area contributed by atoms with Gasteiger partial charge in [0.25, 0.3) is 5.91 Å². The topological polar surface area (TPSA) is 64.1 Å². The number of benzene rings is 2. The number of piperazine rings is 1. The van der Waals surface area contributed by atoms with E-state index in [0.29, 0.717) is 41.0 Å². The summed E-state index contributed by atoms with van der Waals surface area (Å²) >= 11 is 0. The number of methoxy groups -OCH3 is 1. The molecule has 166 valence electrons. The lowest BCUT2D eigenvalue weighted by atomic mass is 10.1. The molecule has 8 heteroatoms. The number of hydrogen-bond donors (Lipinski definition) is 0. The van der Waals surface area contributed by atoms with Crippen LogP contribution in [0.1, 0.15) is 21.6 Å². The molecule has 1 amide bonds. The number of carbonyl (C=O) groups excluding carboxylic acids is 1. The van der Waals surface area contributed by atoms with Crippen molar-refractivity contribution in [1.29, 1.82) is 0 Å². The first-order chi connectivity index (χ1) is 15.5. The van der Waals surface area contributed by atoms with E-state index >= 15 is 0 Å². The van der Waals surface area contributed by atoms with E-state index < -0.39 is 0 Å². The van der Waals surface area contributed by atoms with Gasteiger partial charge >= 0.3 is 0 Å². The zero-order valence-electron chi connectivity index (χ0n) is 18.1. The predicted octanol–water partition coefficient (Wildman–Crippen LogP) is 3.38. The zero-order chi connectivity index (χ0) is 22.2. The average Bonchev–Trinajstić information content (AvgIpc) is 3.26. The Kier molecular flexibility index (Phi) is 5.30. The highest BCUT2D eigenvalue weighted by molar-refractivity contribution is 5.97. The van der Waals surface area contributed by atoms with Crippen LogP contribution in [0.3, 0.4) is 0 Å². The van der Waals surface area contributed by atoms with Gasteiger partial charge in [-0.2, -0.15) is 0 Å². The quantitative estimate of drug-likeness (QED) is 0.624. The Labute approximate surface area is 185 Å². The van der Waals surface area contributed by atoms with Gasteiger partial charge in [-0.3, -0.25) is 9.69 Å². The molecule has 0 radical (unpaired) electrons. The molecule has 2 aliphatic rings. The van der Waals surface area contributed by atoms with Crippen molar-refractivity contribution in [2.24, 2.45) is 0 Å². The molecule has 1 aromatic heterocycles. The third-order valence-electron chi connectivity index (χ3n) is 5.97. The van der Waals surface area contributed by atoms with E-state index in [1.165, 1.54) is 19.2 Å². The summed E-state index contributed by atoms with van der Waals surface area (Å²) in [6.45, 7) is 5.56. The molecule has 32 heavy (non-hydrogen) atoms. The van der Waals surface area contributed by atoms with Crippen LogP contribution in [0.2, 0.25) is 0 Å². The minimum Gasteiger partial charge on any atom is -0.496 e. The Morgan fingerprint density at radius 1 is 1.09 bits per heavy atom. The number of ether oxygens (including phenoxy) is 3. The molecule has 2 aromatic carbocycles. The van der Waals surface area contributed by atoms with Crippen LogP contribution in [0, 0.1) is 12.7 Å². The Bertz CT molecular complexity index is 1190. The van der Waals surface area contributed by atoms with Crippen LogP contribution in [-0.4, -0.2) is 60.8 Å². The molecule has 0 unspecified atom stereocenters. The molecule has 0 spiro atoms. The number of aromatic nitrogens is 1. The predicted molar refractivity (Wildman–Crippen MR) is 117 cm³/mol. The van der Waals surface area contributed by atoms with Crippen molar-refractivity contribution in [2.75, 3.05) is 40.1 Å². The molecule has 1 fully saturated rings. The van der Waals surface area contributed by atoms with Gasteiger partial charge in [0.2, 0.25) is 6.79 Å². The van der Waals surface area contributed by atoms with Gasteiger partial charge in [-0.25, -0.2) is 9.37 Å². The minimum atomic E-state index is -0.354. The summed E-state index contributed by atoms with van der Waals surface area (Å²) in [7, 11) is 1.51. The zero-order valence-corrected chi connectivity index (χ0v) is 18.1. The molecule has 0 aliphatic carbocycles. The summed E-state index contributed by atoms with van der Waals surface area (Å²) in [4.78, 5) is 21.8. The largest absolute Gasteiger partial charge is 0.496 e. The number of aryl methyl sites for hydroxylation is 1. The lowest BCUT2D eigenvalue weighted by Crippen LogP contribution is -2.48. The molecule has 5 rings (SSSR count). The maximum atomic E-state index is 13.8. The molecular formula is C24H24FN3O4. The van der Waals surface area contributed by atoms with Crippen LogP contribution in [-0.2, 0) is 6.54 Å². The number of fused-ring (bicyclic) bond motifs is 2. The van der Waals surface area contributed by atoms with E-state index in [9.17, 15) is 9.18 Å². The summed E-state index contributed by atoms with van der Waals surface area (Å²) in [5, 5.41) is 0.565. The van der Waals surface area contributed by atoms with Gasteiger partial charge < -0.3 is 19.1 Å². The fourth-order valence-electron chi connectivity index (χ4n) is 4.27. The smallest absolute Gasteiger partial charge is 0.272 e. The van der Waals surface area contributed by atoms with Crippen molar-refractivity contribution >= 4 is 16.8 Å². The van der Waals surface area contributed by atoms with Crippen molar-refractivity contribution in [1.82, 2.24) is 14.8 Å². The second-order valence-electron chi connectivity index (χ2n) is 8.08. The molecular weight excluding hydrogens is 413 g/mol. The summed E-state index contributed by atoms with van der Waals surface area (Å²) in [5.41, 5.74) is 2.71. The normalized spacial score (nSPS) is 15.9. The van der Waals surface area contributed by atoms with Gasteiger partial charge in [-0.1, -0.05) is 6.07 Å². The monoisotopic (exact) mass is 437 g/mol. The number of carbonyl (C=O) groups is 1. The summed E-state index contributed by atoms with van der Waals surface area (Å²) in [5.74, 6) is 1.51. The van der Waals surface area contributed by atoms with E-state index in [1.54, 1.807) is 13.0 Å². The van der Waals surface area contributed by atoms with Crippen molar-refractivity contribution in [2.45, 2.75) is 13.5 Å². The molecule has 0 bridgehead atoms. The lowest BCUT2D eigenvalue weighted by Gasteiger charge is -2.34. The van der Waals surface area contributed by atoms with Crippen molar-refractivity contribution < 1.29 is 23.4 Å². The average molecular weight is 437 g/mol. The Morgan fingerprint density at radius 3 is 2.66 bits per heavy atom. The SMILES string of the molecule is COc1cc(C(=O)N2CCN(Cc3ccc4c(c3)OCO4)CC2)nc2c(C)cc(F)cc12. The van der Waals surface area contributed by atoms with Gasteiger partial charge in [0.15, 0.2) is 11.5 Å². The molecule has 3 aromatic rings. The molecule has 7 nitrogen and oxygen atoms in total. The van der Waals surface area contributed by atoms with Crippen LogP contribution in [0.25, 0.3) is 10.9 Å². The van der Waals surface area contributed by atoms with Crippen LogP contribution >= 0.6 is 0 Å². The molecule has 0 N–H and O–H groups in total. The van der Waals surface area contributed by atoms with Gasteiger partial charge in [0, 0.05) is 44.2 Å². The van der Waals surface area contributed by atoms with Crippen molar-refractivity contribution in [3.63, 3.8) is 0 Å². The van der Waals surface area contributed by atoms with E-state index in [4.69, 9.17) is 14.2 Å². The van der Waals surface area contributed by atoms with E-state index in [2.05, 4.69) is 9.88 Å². The first kappa shape index (κ1) is 20.5. The second kappa shape index (κ2) is 8.27. The number of halogens is 1. The van der Waals surface area contributed by atoms with Crippen molar-refractivity contribution in [3.8, 4) is 17.2 Å². The standard InChI is InChI=1S/C24H24FN3O4/c1-15-9-17(25)11-18-21(30-2)12-19(26-23(15)18)24(29)28-7-5-27(6-8-28)13-16-3-4-20-22(10-16)32-14-31-20/h3-4,9-12H,5-8,13-14H2,1-2H3. The Hall–Kier alpha value is -3.39. The highest BCUT2D eigenvalue weighted by Gasteiger charge is 2.25. The van der Waals surface area contributed by atoms with Gasteiger partial charge in [-0.05, 0) is 42.3 Å². The number of rotatable bonds is 4. The molecule has 0 saturated carbocycles. The number of nitrogens with zero attached hydrogens (tertiary/aromatic N) is 3. The summed E-state index contributed by atoms with van der Waals surface area (Å²) < 4.78 is 30.1. The molecule has 2 aliphatic heterocycles. The molecule has 3 heterocycles. The summed E-state index contributed by atoms with van der Waals surface area (Å²) in [6.07, 6.45) is 0. The van der Waals surface area contributed by atoms with E-state index in [-0.39, 0.29) is 18.5 Å². The third-order valence-corrected chi connectivity index (χ3v) is 5.97. The van der Waals surface area contributed by atoms with Gasteiger partial charge in [-0.15, -0.1) is 0 Å². The number of hydrogen-bond acceptors (Lipinski definition) is 6. The van der Waals surface area contributed by atoms with Gasteiger partial charge in [0.1, 0.15) is 17.3 Å². The van der Waals surface area contributed by atoms with Crippen LogP contribution < -0.4 is 14.2 Å².